The van der Waals surface area contributed by atoms with Crippen LogP contribution in [-0.2, 0) is 4.74 Å². The molecule has 1 aliphatic rings. The summed E-state index contributed by atoms with van der Waals surface area (Å²) in [6.45, 7) is 9.18. The highest BCUT2D eigenvalue weighted by Gasteiger charge is 2.30. The van der Waals surface area contributed by atoms with Gasteiger partial charge in [-0.1, -0.05) is 0 Å². The van der Waals surface area contributed by atoms with Gasteiger partial charge in [0.2, 0.25) is 0 Å². The highest BCUT2D eigenvalue weighted by molar-refractivity contribution is 5.92. The summed E-state index contributed by atoms with van der Waals surface area (Å²) >= 11 is 0. The fourth-order valence-electron chi connectivity index (χ4n) is 2.41. The number of hydrogen-bond acceptors (Lipinski definition) is 4. The minimum absolute atomic E-state index is 0.210. The predicted octanol–water partition coefficient (Wildman–Crippen LogP) is 2.57. The Labute approximate surface area is 130 Å². The monoisotopic (exact) mass is 308 g/mol. The molecule has 122 valence electrons. The van der Waals surface area contributed by atoms with Gasteiger partial charge in [-0.15, -0.1) is 0 Å². The van der Waals surface area contributed by atoms with Crippen LogP contribution in [0.4, 0.5) is 4.79 Å². The standard InChI is InChI=1S/C16H24N2O4/c1-11-6-8-21-13(11)14(19)17-9-12-5-7-18(10-12)15(20)22-16(2,3)4/h6,8,12H,5,7,9-10H2,1-4H3,(H,17,19). The van der Waals surface area contributed by atoms with E-state index in [2.05, 4.69) is 5.32 Å². The lowest BCUT2D eigenvalue weighted by atomic mass is 10.1. The molecule has 1 fully saturated rings. The van der Waals surface area contributed by atoms with Crippen LogP contribution < -0.4 is 5.32 Å². The number of amides is 2. The first-order chi connectivity index (χ1) is 10.3. The number of aryl methyl sites for hydroxylation is 1. The van der Waals surface area contributed by atoms with E-state index >= 15 is 0 Å². The summed E-state index contributed by atoms with van der Waals surface area (Å²) in [4.78, 5) is 25.6. The quantitative estimate of drug-likeness (QED) is 0.931. The molecule has 2 heterocycles. The number of furan rings is 1. The Morgan fingerprint density at radius 1 is 1.45 bits per heavy atom. The topological polar surface area (TPSA) is 71.8 Å². The van der Waals surface area contributed by atoms with Crippen LogP contribution in [-0.4, -0.2) is 42.1 Å². The van der Waals surface area contributed by atoms with Crippen LogP contribution in [0.3, 0.4) is 0 Å². The van der Waals surface area contributed by atoms with E-state index in [1.165, 1.54) is 6.26 Å². The molecule has 0 radical (unpaired) electrons. The Balaban J connectivity index is 1.78. The summed E-state index contributed by atoms with van der Waals surface area (Å²) in [5.74, 6) is 0.381. The van der Waals surface area contributed by atoms with E-state index in [4.69, 9.17) is 9.15 Å². The molecular weight excluding hydrogens is 284 g/mol. The lowest BCUT2D eigenvalue weighted by Crippen LogP contribution is -2.36. The number of carbonyl (C=O) groups excluding carboxylic acids is 2. The van der Waals surface area contributed by atoms with Crippen LogP contribution in [0.25, 0.3) is 0 Å². The molecule has 1 unspecified atom stereocenters. The van der Waals surface area contributed by atoms with Gasteiger partial charge in [-0.2, -0.15) is 0 Å². The molecule has 1 aromatic heterocycles. The van der Waals surface area contributed by atoms with E-state index in [1.54, 1.807) is 11.0 Å². The van der Waals surface area contributed by atoms with E-state index in [0.29, 0.717) is 25.4 Å². The van der Waals surface area contributed by atoms with Crippen LogP contribution in [0, 0.1) is 12.8 Å². The van der Waals surface area contributed by atoms with E-state index in [-0.39, 0.29) is 17.9 Å². The van der Waals surface area contributed by atoms with Gasteiger partial charge in [-0.25, -0.2) is 4.79 Å². The maximum Gasteiger partial charge on any atom is 0.410 e. The maximum atomic E-state index is 12.0. The predicted molar refractivity (Wildman–Crippen MR) is 81.7 cm³/mol. The van der Waals surface area contributed by atoms with E-state index in [0.717, 1.165) is 12.0 Å². The second-order valence-corrected chi connectivity index (χ2v) is 6.72. The zero-order valence-corrected chi connectivity index (χ0v) is 13.6. The second kappa shape index (κ2) is 6.42. The number of ether oxygens (including phenoxy) is 1. The van der Waals surface area contributed by atoms with Gasteiger partial charge >= 0.3 is 6.09 Å². The van der Waals surface area contributed by atoms with Gasteiger partial charge in [0.25, 0.3) is 5.91 Å². The third-order valence-electron chi connectivity index (χ3n) is 3.56. The van der Waals surface area contributed by atoms with Gasteiger partial charge in [-0.05, 0) is 46.1 Å². The third-order valence-corrected chi connectivity index (χ3v) is 3.56. The average molecular weight is 308 g/mol. The van der Waals surface area contributed by atoms with Crippen molar-refractivity contribution in [2.45, 2.75) is 39.7 Å². The van der Waals surface area contributed by atoms with Crippen molar-refractivity contribution in [3.63, 3.8) is 0 Å². The summed E-state index contributed by atoms with van der Waals surface area (Å²) < 4.78 is 10.5. The van der Waals surface area contributed by atoms with E-state index < -0.39 is 5.60 Å². The number of nitrogens with one attached hydrogen (secondary N) is 1. The molecule has 2 rings (SSSR count). The van der Waals surface area contributed by atoms with Crippen molar-refractivity contribution in [1.82, 2.24) is 10.2 Å². The molecule has 6 nitrogen and oxygen atoms in total. The normalized spacial score (nSPS) is 18.4. The first-order valence-electron chi connectivity index (χ1n) is 7.56. The van der Waals surface area contributed by atoms with Crippen molar-refractivity contribution in [2.75, 3.05) is 19.6 Å². The van der Waals surface area contributed by atoms with Crippen molar-refractivity contribution in [2.24, 2.45) is 5.92 Å². The number of likely N-dealkylation sites (tertiary alicyclic amines) is 1. The molecule has 1 aromatic rings. The molecule has 0 aliphatic carbocycles. The van der Waals surface area contributed by atoms with Gasteiger partial charge in [0, 0.05) is 25.2 Å². The number of carbonyl (C=O) groups is 2. The molecule has 0 spiro atoms. The highest BCUT2D eigenvalue weighted by atomic mass is 16.6. The third kappa shape index (κ3) is 4.26. The molecule has 0 bridgehead atoms. The molecule has 1 saturated heterocycles. The van der Waals surface area contributed by atoms with E-state index in [9.17, 15) is 9.59 Å². The molecule has 1 N–H and O–H groups in total. The zero-order chi connectivity index (χ0) is 16.3. The van der Waals surface area contributed by atoms with Gasteiger partial charge in [0.15, 0.2) is 5.76 Å². The van der Waals surface area contributed by atoms with Crippen LogP contribution in [0.5, 0.6) is 0 Å². The SMILES string of the molecule is Cc1ccoc1C(=O)NCC1CCN(C(=O)OC(C)(C)C)C1. The summed E-state index contributed by atoms with van der Waals surface area (Å²) in [7, 11) is 0. The zero-order valence-electron chi connectivity index (χ0n) is 13.6. The van der Waals surface area contributed by atoms with Crippen LogP contribution >= 0.6 is 0 Å². The van der Waals surface area contributed by atoms with Crippen LogP contribution in [0.15, 0.2) is 16.7 Å². The lowest BCUT2D eigenvalue weighted by molar-refractivity contribution is 0.0288. The molecule has 1 aliphatic heterocycles. The summed E-state index contributed by atoms with van der Waals surface area (Å²) in [5.41, 5.74) is 0.333. The maximum absolute atomic E-state index is 12.0. The first kappa shape index (κ1) is 16.4. The van der Waals surface area contributed by atoms with Crippen molar-refractivity contribution in [3.8, 4) is 0 Å². The number of nitrogens with zero attached hydrogens (tertiary/aromatic N) is 1. The molecular formula is C16H24N2O4. The molecule has 22 heavy (non-hydrogen) atoms. The largest absolute Gasteiger partial charge is 0.459 e. The molecule has 1 atom stereocenters. The minimum Gasteiger partial charge on any atom is -0.459 e. The smallest absolute Gasteiger partial charge is 0.410 e. The highest BCUT2D eigenvalue weighted by Crippen LogP contribution is 2.19. The van der Waals surface area contributed by atoms with Crippen molar-refractivity contribution >= 4 is 12.0 Å². The van der Waals surface area contributed by atoms with Crippen LogP contribution in [0.2, 0.25) is 0 Å². The van der Waals surface area contributed by atoms with Gasteiger partial charge in [0.05, 0.1) is 6.26 Å². The molecule has 2 amide bonds. The summed E-state index contributed by atoms with van der Waals surface area (Å²) in [6, 6.07) is 1.76. The van der Waals surface area contributed by atoms with Crippen molar-refractivity contribution < 1.29 is 18.7 Å². The second-order valence-electron chi connectivity index (χ2n) is 6.72. The fourth-order valence-corrected chi connectivity index (χ4v) is 2.41. The van der Waals surface area contributed by atoms with Gasteiger partial charge in [0.1, 0.15) is 5.60 Å². The summed E-state index contributed by atoms with van der Waals surface area (Å²) in [6.07, 6.45) is 2.07. The van der Waals surface area contributed by atoms with Crippen LogP contribution in [0.1, 0.15) is 43.3 Å². The molecule has 6 heteroatoms. The number of hydrogen-bond donors (Lipinski definition) is 1. The Morgan fingerprint density at radius 2 is 2.18 bits per heavy atom. The Bertz CT molecular complexity index is 545. The molecule has 0 aromatic carbocycles. The minimum atomic E-state index is -0.486. The Hall–Kier alpha value is -1.98. The number of rotatable bonds is 3. The molecule has 0 saturated carbocycles. The van der Waals surface area contributed by atoms with Gasteiger partial charge < -0.3 is 19.4 Å². The summed E-state index contributed by atoms with van der Waals surface area (Å²) in [5, 5.41) is 2.86. The van der Waals surface area contributed by atoms with Gasteiger partial charge in [-0.3, -0.25) is 4.79 Å². The van der Waals surface area contributed by atoms with Crippen molar-refractivity contribution in [1.29, 1.82) is 0 Å². The Morgan fingerprint density at radius 3 is 2.77 bits per heavy atom. The van der Waals surface area contributed by atoms with E-state index in [1.807, 2.05) is 27.7 Å². The average Bonchev–Trinajstić information content (AvgIpc) is 3.02. The Kier molecular flexibility index (Phi) is 4.78. The van der Waals surface area contributed by atoms with Crippen molar-refractivity contribution in [3.05, 3.63) is 23.7 Å². The first-order valence-corrected chi connectivity index (χ1v) is 7.56. The lowest BCUT2D eigenvalue weighted by Gasteiger charge is -2.24. The fraction of sp³-hybridized carbons (Fsp3) is 0.625.